The van der Waals surface area contributed by atoms with Gasteiger partial charge in [0, 0.05) is 6.07 Å². The maximum atomic E-state index is 13.5. The number of hydrogen-bond acceptors (Lipinski definition) is 4. The predicted octanol–water partition coefficient (Wildman–Crippen LogP) is 3.53. The number of nitrogens with one attached hydrogen (secondary N) is 1. The summed E-state index contributed by atoms with van der Waals surface area (Å²) in [5.74, 6) is -2.63. The lowest BCUT2D eigenvalue weighted by Gasteiger charge is -2.15. The highest BCUT2D eigenvalue weighted by molar-refractivity contribution is 5.95. The Hall–Kier alpha value is -2.96. The van der Waals surface area contributed by atoms with Crippen molar-refractivity contribution >= 4 is 17.6 Å². The van der Waals surface area contributed by atoms with Gasteiger partial charge in [-0.2, -0.15) is 0 Å². The number of carbonyl (C=O) groups excluding carboxylic acids is 2. The van der Waals surface area contributed by atoms with Gasteiger partial charge >= 0.3 is 5.97 Å². The topological polar surface area (TPSA) is 64.6 Å². The van der Waals surface area contributed by atoms with Crippen molar-refractivity contribution in [1.82, 2.24) is 0 Å². The molecule has 1 N–H and O–H groups in total. The van der Waals surface area contributed by atoms with Crippen molar-refractivity contribution in [2.24, 2.45) is 0 Å². The first-order valence-corrected chi connectivity index (χ1v) is 7.91. The molecule has 0 aliphatic carbocycles. The van der Waals surface area contributed by atoms with Crippen LogP contribution in [0.3, 0.4) is 0 Å². The zero-order chi connectivity index (χ0) is 19.3. The van der Waals surface area contributed by atoms with Crippen LogP contribution in [0.2, 0.25) is 0 Å². The standard InChI is InChI=1S/C19H19F2NO4/c1-11-4-7-17(12(2)8-11)25-10-18(23)26-13(3)19(24)22-16-6-5-14(20)9-15(16)21/h4-9,13H,10H2,1-3H3,(H,22,24)/t13-/m1/s1. The second-order valence-corrected chi connectivity index (χ2v) is 5.80. The van der Waals surface area contributed by atoms with Gasteiger partial charge in [-0.1, -0.05) is 17.7 Å². The number of carbonyl (C=O) groups is 2. The summed E-state index contributed by atoms with van der Waals surface area (Å²) >= 11 is 0. The van der Waals surface area contributed by atoms with Gasteiger partial charge in [0.15, 0.2) is 12.7 Å². The monoisotopic (exact) mass is 363 g/mol. The van der Waals surface area contributed by atoms with Crippen molar-refractivity contribution in [3.63, 3.8) is 0 Å². The summed E-state index contributed by atoms with van der Waals surface area (Å²) in [5.41, 5.74) is 1.73. The molecule has 7 heteroatoms. The van der Waals surface area contributed by atoms with E-state index in [0.717, 1.165) is 23.3 Å². The van der Waals surface area contributed by atoms with Gasteiger partial charge in [-0.3, -0.25) is 4.79 Å². The van der Waals surface area contributed by atoms with Crippen molar-refractivity contribution in [1.29, 1.82) is 0 Å². The van der Waals surface area contributed by atoms with E-state index >= 15 is 0 Å². The van der Waals surface area contributed by atoms with E-state index in [1.807, 2.05) is 26.0 Å². The number of hydrogen-bond donors (Lipinski definition) is 1. The Morgan fingerprint density at radius 3 is 2.50 bits per heavy atom. The quantitative estimate of drug-likeness (QED) is 0.798. The molecule has 0 heterocycles. The largest absolute Gasteiger partial charge is 0.482 e. The Kier molecular flexibility index (Phi) is 6.27. The Morgan fingerprint density at radius 1 is 1.12 bits per heavy atom. The molecule has 0 bridgehead atoms. The molecule has 2 aromatic rings. The number of aryl methyl sites for hydroxylation is 2. The van der Waals surface area contributed by atoms with Crippen molar-refractivity contribution in [2.75, 3.05) is 11.9 Å². The summed E-state index contributed by atoms with van der Waals surface area (Å²) < 4.78 is 36.7. The molecular formula is C19H19F2NO4. The lowest BCUT2D eigenvalue weighted by Crippen LogP contribution is -2.32. The van der Waals surface area contributed by atoms with Crippen LogP contribution in [0.1, 0.15) is 18.1 Å². The molecule has 0 spiro atoms. The van der Waals surface area contributed by atoms with Crippen molar-refractivity contribution in [3.05, 3.63) is 59.2 Å². The van der Waals surface area contributed by atoms with Crippen LogP contribution in [0.4, 0.5) is 14.5 Å². The number of esters is 1. The maximum absolute atomic E-state index is 13.5. The molecule has 0 aliphatic rings. The number of benzene rings is 2. The second-order valence-electron chi connectivity index (χ2n) is 5.80. The fourth-order valence-electron chi connectivity index (χ4n) is 2.21. The summed E-state index contributed by atoms with van der Waals surface area (Å²) in [4.78, 5) is 23.8. The molecule has 0 aliphatic heterocycles. The lowest BCUT2D eigenvalue weighted by atomic mass is 10.1. The molecule has 138 valence electrons. The van der Waals surface area contributed by atoms with E-state index in [1.165, 1.54) is 6.92 Å². The van der Waals surface area contributed by atoms with Crippen molar-refractivity contribution in [2.45, 2.75) is 26.9 Å². The molecule has 1 amide bonds. The fraction of sp³-hybridized carbons (Fsp3) is 0.263. The minimum atomic E-state index is -1.17. The first-order chi connectivity index (χ1) is 12.3. The van der Waals surface area contributed by atoms with E-state index in [2.05, 4.69) is 5.32 Å². The molecule has 0 fully saturated rings. The highest BCUT2D eigenvalue weighted by Crippen LogP contribution is 2.19. The summed E-state index contributed by atoms with van der Waals surface area (Å²) in [6.07, 6.45) is -1.17. The van der Waals surface area contributed by atoms with Crippen LogP contribution >= 0.6 is 0 Å². The predicted molar refractivity (Wildman–Crippen MR) is 92.0 cm³/mol. The van der Waals surface area contributed by atoms with E-state index < -0.39 is 29.6 Å². The van der Waals surface area contributed by atoms with Gasteiger partial charge in [0.05, 0.1) is 5.69 Å². The number of ether oxygens (including phenoxy) is 2. The van der Waals surface area contributed by atoms with Gasteiger partial charge in [-0.05, 0) is 44.5 Å². The van der Waals surface area contributed by atoms with Crippen LogP contribution in [0.15, 0.2) is 36.4 Å². The average molecular weight is 363 g/mol. The van der Waals surface area contributed by atoms with E-state index in [1.54, 1.807) is 6.07 Å². The normalized spacial score (nSPS) is 11.6. The smallest absolute Gasteiger partial charge is 0.344 e. The molecule has 0 saturated carbocycles. The highest BCUT2D eigenvalue weighted by atomic mass is 19.1. The van der Waals surface area contributed by atoms with E-state index in [-0.39, 0.29) is 12.3 Å². The Bertz CT molecular complexity index is 823. The molecule has 0 radical (unpaired) electrons. The molecule has 0 unspecified atom stereocenters. The Morgan fingerprint density at radius 2 is 1.85 bits per heavy atom. The van der Waals surface area contributed by atoms with E-state index in [4.69, 9.17) is 9.47 Å². The fourth-order valence-corrected chi connectivity index (χ4v) is 2.21. The SMILES string of the molecule is Cc1ccc(OCC(=O)O[C@H](C)C(=O)Nc2ccc(F)cc2F)c(C)c1. The van der Waals surface area contributed by atoms with Crippen LogP contribution in [-0.2, 0) is 14.3 Å². The van der Waals surface area contributed by atoms with Gasteiger partial charge in [0.1, 0.15) is 17.4 Å². The minimum Gasteiger partial charge on any atom is -0.482 e. The highest BCUT2D eigenvalue weighted by Gasteiger charge is 2.19. The number of halogens is 2. The minimum absolute atomic E-state index is 0.203. The van der Waals surface area contributed by atoms with Gasteiger partial charge in [0.2, 0.25) is 0 Å². The van der Waals surface area contributed by atoms with Crippen LogP contribution in [0.25, 0.3) is 0 Å². The molecule has 26 heavy (non-hydrogen) atoms. The molecule has 2 rings (SSSR count). The average Bonchev–Trinajstić information content (AvgIpc) is 2.56. The number of anilines is 1. The molecular weight excluding hydrogens is 344 g/mol. The van der Waals surface area contributed by atoms with Crippen LogP contribution in [0.5, 0.6) is 5.75 Å². The summed E-state index contributed by atoms with van der Waals surface area (Å²) in [7, 11) is 0. The lowest BCUT2D eigenvalue weighted by molar-refractivity contribution is -0.155. The maximum Gasteiger partial charge on any atom is 0.344 e. The van der Waals surface area contributed by atoms with Crippen LogP contribution < -0.4 is 10.1 Å². The third-order valence-electron chi connectivity index (χ3n) is 3.54. The van der Waals surface area contributed by atoms with Gasteiger partial charge in [-0.25, -0.2) is 13.6 Å². The molecule has 0 aromatic heterocycles. The Labute approximate surface area is 149 Å². The molecule has 0 saturated heterocycles. The van der Waals surface area contributed by atoms with Crippen molar-refractivity contribution < 1.29 is 27.8 Å². The third-order valence-corrected chi connectivity index (χ3v) is 3.54. The summed E-state index contributed by atoms with van der Waals surface area (Å²) in [6, 6.07) is 8.23. The van der Waals surface area contributed by atoms with Crippen molar-refractivity contribution in [3.8, 4) is 5.75 Å². The van der Waals surface area contributed by atoms with Gasteiger partial charge in [-0.15, -0.1) is 0 Å². The molecule has 2 aromatic carbocycles. The first kappa shape index (κ1) is 19.4. The van der Waals surface area contributed by atoms with Gasteiger partial charge < -0.3 is 14.8 Å². The molecule has 1 atom stereocenters. The zero-order valence-electron chi connectivity index (χ0n) is 14.6. The van der Waals surface area contributed by atoms with E-state index in [0.29, 0.717) is 11.8 Å². The zero-order valence-corrected chi connectivity index (χ0v) is 14.6. The van der Waals surface area contributed by atoms with Crippen LogP contribution in [0, 0.1) is 25.5 Å². The van der Waals surface area contributed by atoms with Crippen LogP contribution in [-0.4, -0.2) is 24.6 Å². The number of amides is 1. The van der Waals surface area contributed by atoms with E-state index in [9.17, 15) is 18.4 Å². The second kappa shape index (κ2) is 8.42. The molecule has 5 nitrogen and oxygen atoms in total. The third kappa shape index (κ3) is 5.27. The summed E-state index contributed by atoms with van der Waals surface area (Å²) in [6.45, 7) is 4.76. The first-order valence-electron chi connectivity index (χ1n) is 7.91. The van der Waals surface area contributed by atoms with Gasteiger partial charge in [0.25, 0.3) is 5.91 Å². The summed E-state index contributed by atoms with van der Waals surface area (Å²) in [5, 5.41) is 2.23. The Balaban J connectivity index is 1.86. The number of rotatable bonds is 6.